The van der Waals surface area contributed by atoms with Gasteiger partial charge >= 0.3 is 0 Å². The number of fused-ring (bicyclic) bond motifs is 6. The van der Waals surface area contributed by atoms with Crippen LogP contribution in [-0.4, -0.2) is 0 Å². The summed E-state index contributed by atoms with van der Waals surface area (Å²) >= 11 is 0. The number of hydrogen-bond donors (Lipinski definition) is 0. The van der Waals surface area contributed by atoms with Crippen LogP contribution >= 0.6 is 0 Å². The molecule has 0 aliphatic carbocycles. The van der Waals surface area contributed by atoms with Crippen molar-refractivity contribution < 1.29 is 0 Å². The number of hydrogen-bond acceptors (Lipinski definition) is 0. The van der Waals surface area contributed by atoms with E-state index in [1.54, 1.807) is 0 Å². The standard InChI is InChI=1S/C24H14.C20H12/c1-2-7-20-15(4-1)8-10-18-14-19-11-9-16-5-3-6-17-12-13-21(23(18)20)24(19)22(16)17;1-5-13-6-2-11-17-18-12-4-8-14-7-3-10-16(20(14)18)15(9-1)19(13)17/h1-14H;1-12H. The topological polar surface area (TPSA) is 0 Å². The van der Waals surface area contributed by atoms with Crippen molar-refractivity contribution in [3.05, 3.63) is 158 Å². The van der Waals surface area contributed by atoms with Gasteiger partial charge in [0.25, 0.3) is 0 Å². The lowest BCUT2D eigenvalue weighted by Gasteiger charge is -2.14. The van der Waals surface area contributed by atoms with Crippen molar-refractivity contribution >= 4 is 97.0 Å². The molecule has 0 N–H and O–H groups in total. The Kier molecular flexibility index (Phi) is 4.81. The van der Waals surface area contributed by atoms with Crippen LogP contribution in [0.2, 0.25) is 0 Å². The first kappa shape index (κ1) is 23.8. The highest BCUT2D eigenvalue weighted by Gasteiger charge is 2.13. The van der Waals surface area contributed by atoms with Crippen molar-refractivity contribution in [3.63, 3.8) is 0 Å². The molecule has 0 aliphatic rings. The fraction of sp³-hybridized carbons (Fsp3) is 0. The molecule has 11 rings (SSSR count). The van der Waals surface area contributed by atoms with Crippen molar-refractivity contribution in [1.82, 2.24) is 0 Å². The average molecular weight is 555 g/mol. The van der Waals surface area contributed by atoms with Crippen molar-refractivity contribution in [2.24, 2.45) is 0 Å². The zero-order valence-electron chi connectivity index (χ0n) is 24.0. The molecular weight excluding hydrogens is 528 g/mol. The third kappa shape index (κ3) is 3.23. The molecule has 11 aromatic rings. The normalized spacial score (nSPS) is 12.1. The molecule has 0 saturated heterocycles. The summed E-state index contributed by atoms with van der Waals surface area (Å²) in [5, 5.41) is 24.4. The lowest BCUT2D eigenvalue weighted by molar-refractivity contribution is 1.78. The molecule has 0 bridgehead atoms. The Balaban J connectivity index is 0.000000118. The quantitative estimate of drug-likeness (QED) is 0.129. The van der Waals surface area contributed by atoms with Gasteiger partial charge in [-0.05, 0) is 103 Å². The summed E-state index contributed by atoms with van der Waals surface area (Å²) in [7, 11) is 0. The van der Waals surface area contributed by atoms with Gasteiger partial charge in [-0.3, -0.25) is 0 Å². The molecule has 0 aliphatic heterocycles. The summed E-state index contributed by atoms with van der Waals surface area (Å²) in [5.74, 6) is 0. The first-order valence-electron chi connectivity index (χ1n) is 15.4. The average Bonchev–Trinajstić information content (AvgIpc) is 3.09. The van der Waals surface area contributed by atoms with Crippen LogP contribution in [0.1, 0.15) is 0 Å². The molecule has 0 atom stereocenters. The molecular formula is C44H26. The predicted octanol–water partition coefficient (Wildman–Crippen LogP) is 12.6. The minimum absolute atomic E-state index is 1.31. The second-order valence-electron chi connectivity index (χ2n) is 12.0. The Morgan fingerprint density at radius 2 is 0.545 bits per heavy atom. The van der Waals surface area contributed by atoms with E-state index in [1.165, 1.54) is 97.0 Å². The molecule has 0 spiro atoms. The maximum atomic E-state index is 2.34. The highest BCUT2D eigenvalue weighted by molar-refractivity contribution is 6.34. The summed E-state index contributed by atoms with van der Waals surface area (Å²) < 4.78 is 0. The van der Waals surface area contributed by atoms with E-state index in [0.717, 1.165) is 0 Å². The Morgan fingerprint density at radius 1 is 0.182 bits per heavy atom. The van der Waals surface area contributed by atoms with Crippen LogP contribution in [0.5, 0.6) is 0 Å². The van der Waals surface area contributed by atoms with Crippen molar-refractivity contribution in [1.29, 1.82) is 0 Å². The molecule has 0 saturated carbocycles. The second-order valence-corrected chi connectivity index (χ2v) is 12.0. The van der Waals surface area contributed by atoms with E-state index in [9.17, 15) is 0 Å². The fourth-order valence-corrected chi connectivity index (χ4v) is 7.89. The Bertz CT molecular complexity index is 2660. The van der Waals surface area contributed by atoms with E-state index in [0.29, 0.717) is 0 Å². The molecule has 202 valence electrons. The molecule has 0 nitrogen and oxygen atoms in total. The lowest BCUT2D eigenvalue weighted by Crippen LogP contribution is -1.86. The minimum atomic E-state index is 1.31. The summed E-state index contributed by atoms with van der Waals surface area (Å²) in [4.78, 5) is 0. The van der Waals surface area contributed by atoms with E-state index >= 15 is 0 Å². The molecule has 0 unspecified atom stereocenters. The first-order chi connectivity index (χ1) is 21.8. The maximum absolute atomic E-state index is 2.34. The van der Waals surface area contributed by atoms with Gasteiger partial charge in [-0.2, -0.15) is 0 Å². The van der Waals surface area contributed by atoms with Crippen molar-refractivity contribution in [2.45, 2.75) is 0 Å². The zero-order chi connectivity index (χ0) is 28.8. The fourth-order valence-electron chi connectivity index (χ4n) is 7.89. The van der Waals surface area contributed by atoms with Crippen LogP contribution in [0.25, 0.3) is 97.0 Å². The van der Waals surface area contributed by atoms with E-state index in [1.807, 2.05) is 0 Å². The largest absolute Gasteiger partial charge is 0.0616 e. The maximum Gasteiger partial charge on any atom is -0.00201 e. The van der Waals surface area contributed by atoms with Crippen LogP contribution in [0.15, 0.2) is 158 Å². The Labute approximate surface area is 254 Å². The summed E-state index contributed by atoms with van der Waals surface area (Å²) in [5.41, 5.74) is 0. The van der Waals surface area contributed by atoms with Crippen LogP contribution < -0.4 is 0 Å². The lowest BCUT2D eigenvalue weighted by atomic mass is 9.89. The van der Waals surface area contributed by atoms with Crippen LogP contribution in [-0.2, 0) is 0 Å². The van der Waals surface area contributed by atoms with Gasteiger partial charge in [0.05, 0.1) is 0 Å². The molecule has 0 heteroatoms. The van der Waals surface area contributed by atoms with E-state index in [4.69, 9.17) is 0 Å². The number of rotatable bonds is 0. The Hall–Kier alpha value is -5.72. The zero-order valence-corrected chi connectivity index (χ0v) is 24.0. The summed E-state index contributed by atoms with van der Waals surface area (Å²) in [6, 6.07) is 57.6. The highest BCUT2D eigenvalue weighted by Crippen LogP contribution is 2.41. The minimum Gasteiger partial charge on any atom is -0.0616 e. The van der Waals surface area contributed by atoms with E-state index in [-0.39, 0.29) is 0 Å². The molecule has 0 heterocycles. The summed E-state index contributed by atoms with van der Waals surface area (Å²) in [6.45, 7) is 0. The molecule has 11 aromatic carbocycles. The second kappa shape index (κ2) is 8.89. The summed E-state index contributed by atoms with van der Waals surface area (Å²) in [6.07, 6.45) is 0. The number of benzene rings is 11. The highest BCUT2D eigenvalue weighted by atomic mass is 14.2. The molecule has 0 aromatic heterocycles. The smallest absolute Gasteiger partial charge is 0.00201 e. The van der Waals surface area contributed by atoms with Crippen LogP contribution in [0, 0.1) is 0 Å². The third-order valence-corrected chi connectivity index (χ3v) is 9.74. The third-order valence-electron chi connectivity index (χ3n) is 9.74. The monoisotopic (exact) mass is 554 g/mol. The van der Waals surface area contributed by atoms with Gasteiger partial charge in [0.15, 0.2) is 0 Å². The van der Waals surface area contributed by atoms with Crippen molar-refractivity contribution in [2.75, 3.05) is 0 Å². The van der Waals surface area contributed by atoms with E-state index < -0.39 is 0 Å². The SMILES string of the molecule is c1cc2cccc3c4cccc5cccc(c(c1)c23)c54.c1ccc2c(c1)ccc1cc3ccc4cccc5ccc(c12)c3c45. The van der Waals surface area contributed by atoms with Crippen molar-refractivity contribution in [3.8, 4) is 0 Å². The molecule has 0 amide bonds. The van der Waals surface area contributed by atoms with Gasteiger partial charge in [-0.15, -0.1) is 0 Å². The first-order valence-corrected chi connectivity index (χ1v) is 15.4. The van der Waals surface area contributed by atoms with Gasteiger partial charge in [0, 0.05) is 0 Å². The van der Waals surface area contributed by atoms with Gasteiger partial charge in [0.1, 0.15) is 0 Å². The molecule has 0 fully saturated rings. The van der Waals surface area contributed by atoms with E-state index in [2.05, 4.69) is 158 Å². The van der Waals surface area contributed by atoms with Crippen LogP contribution in [0.3, 0.4) is 0 Å². The van der Waals surface area contributed by atoms with Gasteiger partial charge in [0.2, 0.25) is 0 Å². The van der Waals surface area contributed by atoms with Gasteiger partial charge in [-0.1, -0.05) is 152 Å². The van der Waals surface area contributed by atoms with Gasteiger partial charge < -0.3 is 0 Å². The molecule has 44 heavy (non-hydrogen) atoms. The van der Waals surface area contributed by atoms with Crippen LogP contribution in [0.4, 0.5) is 0 Å². The molecule has 0 radical (unpaired) electrons. The Morgan fingerprint density at radius 3 is 1.14 bits per heavy atom. The van der Waals surface area contributed by atoms with Gasteiger partial charge in [-0.25, -0.2) is 0 Å². The predicted molar refractivity (Wildman–Crippen MR) is 193 cm³/mol.